The Morgan fingerprint density at radius 3 is 2.81 bits per heavy atom. The molecule has 142 valence electrons. The molecule has 0 saturated carbocycles. The molecule has 1 fully saturated rings. The smallest absolute Gasteiger partial charge is 0.255 e. The Labute approximate surface area is 153 Å². The van der Waals surface area contributed by atoms with Crippen molar-refractivity contribution in [1.82, 2.24) is 25.2 Å². The summed E-state index contributed by atoms with van der Waals surface area (Å²) in [5.74, 6) is 1.33. The molecule has 8 nitrogen and oxygen atoms in total. The van der Waals surface area contributed by atoms with Crippen molar-refractivity contribution in [2.45, 2.75) is 58.5 Å². The number of aromatic nitrogens is 4. The summed E-state index contributed by atoms with van der Waals surface area (Å²) in [6, 6.07) is -0.319. The maximum absolute atomic E-state index is 12.7. The van der Waals surface area contributed by atoms with Gasteiger partial charge in [-0.15, -0.1) is 0 Å². The summed E-state index contributed by atoms with van der Waals surface area (Å²) in [5.41, 5.74) is 0.541. The Bertz CT molecular complexity index is 718. The van der Waals surface area contributed by atoms with E-state index in [0.717, 1.165) is 25.8 Å². The van der Waals surface area contributed by atoms with Crippen LogP contribution < -0.4 is 5.32 Å². The number of carbonyl (C=O) groups is 1. The molecule has 0 aliphatic carbocycles. The molecule has 1 amide bonds. The van der Waals surface area contributed by atoms with E-state index in [2.05, 4.69) is 27.5 Å². The van der Waals surface area contributed by atoms with E-state index in [1.54, 1.807) is 17.1 Å². The molecule has 1 atom stereocenters. The van der Waals surface area contributed by atoms with Gasteiger partial charge in [0.05, 0.1) is 11.8 Å². The van der Waals surface area contributed by atoms with Gasteiger partial charge in [-0.05, 0) is 25.2 Å². The van der Waals surface area contributed by atoms with Crippen LogP contribution in [0.3, 0.4) is 0 Å². The fourth-order valence-electron chi connectivity index (χ4n) is 3.10. The average Bonchev–Trinajstić information content (AvgIpc) is 3.30. The Kier molecular flexibility index (Phi) is 6.03. The van der Waals surface area contributed by atoms with E-state index in [9.17, 15) is 4.79 Å². The molecule has 2 aromatic rings. The van der Waals surface area contributed by atoms with E-state index >= 15 is 0 Å². The van der Waals surface area contributed by atoms with Gasteiger partial charge in [0.1, 0.15) is 6.04 Å². The lowest BCUT2D eigenvalue weighted by molar-refractivity contribution is 0.0467. The maximum atomic E-state index is 12.7. The van der Waals surface area contributed by atoms with Crippen LogP contribution in [0.2, 0.25) is 0 Å². The highest BCUT2D eigenvalue weighted by molar-refractivity contribution is 5.93. The predicted octanol–water partition coefficient (Wildman–Crippen LogP) is 2.70. The lowest BCUT2D eigenvalue weighted by Crippen LogP contribution is -2.36. The number of rotatable bonds is 7. The van der Waals surface area contributed by atoms with Crippen LogP contribution in [0.15, 0.2) is 16.9 Å². The van der Waals surface area contributed by atoms with Crippen LogP contribution in [-0.4, -0.2) is 39.0 Å². The SMILES string of the molecule is CCCn1cc(C(=O)N[C@@H](c2nc(C(C)C)no2)C2CCOCC2)cn1. The van der Waals surface area contributed by atoms with Gasteiger partial charge in [-0.3, -0.25) is 9.48 Å². The number of hydrogen-bond donors (Lipinski definition) is 1. The Morgan fingerprint density at radius 2 is 2.15 bits per heavy atom. The lowest BCUT2D eigenvalue weighted by Gasteiger charge is -2.28. The molecule has 0 bridgehead atoms. The third-order valence-electron chi connectivity index (χ3n) is 4.61. The fourth-order valence-corrected chi connectivity index (χ4v) is 3.10. The number of carbonyl (C=O) groups excluding carboxylic acids is 1. The van der Waals surface area contributed by atoms with Gasteiger partial charge in [0, 0.05) is 31.9 Å². The molecule has 3 heterocycles. The topological polar surface area (TPSA) is 95.1 Å². The average molecular weight is 361 g/mol. The van der Waals surface area contributed by atoms with Gasteiger partial charge in [0.15, 0.2) is 5.82 Å². The zero-order chi connectivity index (χ0) is 18.5. The van der Waals surface area contributed by atoms with E-state index in [4.69, 9.17) is 9.26 Å². The molecule has 0 spiro atoms. The van der Waals surface area contributed by atoms with E-state index < -0.39 is 0 Å². The largest absolute Gasteiger partial charge is 0.381 e. The van der Waals surface area contributed by atoms with Crippen LogP contribution in [0.5, 0.6) is 0 Å². The number of hydrogen-bond acceptors (Lipinski definition) is 6. The quantitative estimate of drug-likeness (QED) is 0.815. The van der Waals surface area contributed by atoms with Crippen molar-refractivity contribution >= 4 is 5.91 Å². The summed E-state index contributed by atoms with van der Waals surface area (Å²) >= 11 is 0. The van der Waals surface area contributed by atoms with Crippen LogP contribution >= 0.6 is 0 Å². The molecule has 1 saturated heterocycles. The summed E-state index contributed by atoms with van der Waals surface area (Å²) in [5, 5.41) is 11.4. The van der Waals surface area contributed by atoms with Crippen LogP contribution in [0.25, 0.3) is 0 Å². The second-order valence-corrected chi connectivity index (χ2v) is 7.04. The molecule has 3 rings (SSSR count). The predicted molar refractivity (Wildman–Crippen MR) is 94.7 cm³/mol. The van der Waals surface area contributed by atoms with E-state index in [1.807, 2.05) is 13.8 Å². The molecule has 0 unspecified atom stereocenters. The van der Waals surface area contributed by atoms with Crippen molar-refractivity contribution in [2.75, 3.05) is 13.2 Å². The molecule has 8 heteroatoms. The summed E-state index contributed by atoms with van der Waals surface area (Å²) in [4.78, 5) is 17.3. The summed E-state index contributed by atoms with van der Waals surface area (Å²) in [7, 11) is 0. The lowest BCUT2D eigenvalue weighted by atomic mass is 9.91. The van der Waals surface area contributed by atoms with E-state index in [1.165, 1.54) is 0 Å². The van der Waals surface area contributed by atoms with E-state index in [-0.39, 0.29) is 23.8 Å². The first-order chi connectivity index (χ1) is 12.6. The highest BCUT2D eigenvalue weighted by atomic mass is 16.5. The first-order valence-corrected chi connectivity index (χ1v) is 9.33. The molecule has 1 N–H and O–H groups in total. The molecule has 0 aromatic carbocycles. The minimum atomic E-state index is -0.319. The summed E-state index contributed by atoms with van der Waals surface area (Å²) in [6.45, 7) is 8.24. The Balaban J connectivity index is 1.78. The zero-order valence-electron chi connectivity index (χ0n) is 15.6. The molecular formula is C18H27N5O3. The van der Waals surface area contributed by atoms with Gasteiger partial charge in [-0.1, -0.05) is 25.9 Å². The number of ether oxygens (including phenoxy) is 1. The molecular weight excluding hydrogens is 334 g/mol. The van der Waals surface area contributed by atoms with Gasteiger partial charge in [0.25, 0.3) is 5.91 Å². The van der Waals surface area contributed by atoms with Crippen molar-refractivity contribution in [3.8, 4) is 0 Å². The first-order valence-electron chi connectivity index (χ1n) is 9.33. The molecule has 2 aromatic heterocycles. The molecule has 26 heavy (non-hydrogen) atoms. The normalized spacial score (nSPS) is 16.8. The zero-order valence-corrected chi connectivity index (χ0v) is 15.6. The molecule has 1 aliphatic heterocycles. The second kappa shape index (κ2) is 8.44. The van der Waals surface area contributed by atoms with Crippen molar-refractivity contribution in [3.05, 3.63) is 29.7 Å². The maximum Gasteiger partial charge on any atom is 0.255 e. The van der Waals surface area contributed by atoms with Crippen molar-refractivity contribution in [3.63, 3.8) is 0 Å². The van der Waals surface area contributed by atoms with Crippen LogP contribution in [-0.2, 0) is 11.3 Å². The molecule has 0 radical (unpaired) electrons. The van der Waals surface area contributed by atoms with Crippen molar-refractivity contribution in [2.24, 2.45) is 5.92 Å². The third kappa shape index (κ3) is 4.30. The third-order valence-corrected chi connectivity index (χ3v) is 4.61. The van der Waals surface area contributed by atoms with Crippen LogP contribution in [0, 0.1) is 5.92 Å². The highest BCUT2D eigenvalue weighted by Gasteiger charge is 2.32. The number of nitrogens with one attached hydrogen (secondary N) is 1. The molecule has 1 aliphatic rings. The number of amides is 1. The minimum absolute atomic E-state index is 0.172. The minimum Gasteiger partial charge on any atom is -0.381 e. The monoisotopic (exact) mass is 361 g/mol. The number of aryl methyl sites for hydroxylation is 1. The standard InChI is InChI=1S/C18H27N5O3/c1-4-7-23-11-14(10-19-23)17(24)20-15(13-5-8-25-9-6-13)18-21-16(12(2)3)22-26-18/h10-13,15H,4-9H2,1-3H3,(H,20,24)/t15-/m1/s1. The van der Waals surface area contributed by atoms with Gasteiger partial charge in [-0.25, -0.2) is 0 Å². The van der Waals surface area contributed by atoms with E-state index in [0.29, 0.717) is 30.5 Å². The van der Waals surface area contributed by atoms with Gasteiger partial charge in [0.2, 0.25) is 5.89 Å². The highest BCUT2D eigenvalue weighted by Crippen LogP contribution is 2.30. The van der Waals surface area contributed by atoms with Gasteiger partial charge < -0.3 is 14.6 Å². The van der Waals surface area contributed by atoms with Crippen LogP contribution in [0.1, 0.15) is 74.1 Å². The van der Waals surface area contributed by atoms with Gasteiger partial charge >= 0.3 is 0 Å². The Hall–Kier alpha value is -2.22. The Morgan fingerprint density at radius 1 is 1.38 bits per heavy atom. The number of nitrogens with zero attached hydrogens (tertiary/aromatic N) is 4. The first kappa shape index (κ1) is 18.6. The summed E-state index contributed by atoms with van der Waals surface area (Å²) in [6.07, 6.45) is 6.03. The summed E-state index contributed by atoms with van der Waals surface area (Å²) < 4.78 is 12.7. The van der Waals surface area contributed by atoms with Crippen LogP contribution in [0.4, 0.5) is 0 Å². The van der Waals surface area contributed by atoms with Crippen molar-refractivity contribution in [1.29, 1.82) is 0 Å². The van der Waals surface area contributed by atoms with Crippen molar-refractivity contribution < 1.29 is 14.1 Å². The second-order valence-electron chi connectivity index (χ2n) is 7.04. The van der Waals surface area contributed by atoms with Gasteiger partial charge in [-0.2, -0.15) is 10.1 Å². The fraction of sp³-hybridized carbons (Fsp3) is 0.667.